The van der Waals surface area contributed by atoms with Crippen molar-refractivity contribution in [3.63, 3.8) is 0 Å². The van der Waals surface area contributed by atoms with Crippen molar-refractivity contribution >= 4 is 78.6 Å². The molecular formula is C34H59N15O8S2. The van der Waals surface area contributed by atoms with Gasteiger partial charge in [-0.05, 0) is 44.4 Å². The van der Waals surface area contributed by atoms with E-state index >= 15 is 0 Å². The molecule has 0 radical (unpaired) electrons. The summed E-state index contributed by atoms with van der Waals surface area (Å²) in [6, 6.07) is -8.28. The van der Waals surface area contributed by atoms with Gasteiger partial charge in [0.15, 0.2) is 11.9 Å². The normalized spacial score (nSPS) is 16.6. The lowest BCUT2D eigenvalue weighted by molar-refractivity contribution is -0.149. The number of thiol groups is 2. The number of aromatic nitrogens is 2. The molecule has 2 rings (SSSR count). The average molecular weight is 870 g/mol. The number of carbonyl (C=O) groups excluding carboxylic acids is 6. The molecule has 6 amide bonds. The maximum atomic E-state index is 13.9. The number of guanidine groups is 2. The first kappa shape index (κ1) is 49.8. The third kappa shape index (κ3) is 16.8. The number of nitrogens with one attached hydrogen (secondary N) is 6. The van der Waals surface area contributed by atoms with Gasteiger partial charge in [0.2, 0.25) is 35.4 Å². The summed E-state index contributed by atoms with van der Waals surface area (Å²) in [5.41, 5.74) is 28.0. The van der Waals surface area contributed by atoms with Crippen molar-refractivity contribution in [3.05, 3.63) is 18.2 Å². The van der Waals surface area contributed by atoms with Gasteiger partial charge in [0, 0.05) is 49.5 Å². The van der Waals surface area contributed by atoms with E-state index < -0.39 is 89.6 Å². The van der Waals surface area contributed by atoms with E-state index in [0.29, 0.717) is 18.5 Å². The molecule has 0 unspecified atom stereocenters. The van der Waals surface area contributed by atoms with E-state index in [1.54, 1.807) is 13.8 Å². The minimum absolute atomic E-state index is 0.00207. The third-order valence-electron chi connectivity index (χ3n) is 9.18. The number of amides is 6. The molecule has 0 aliphatic carbocycles. The Hall–Kier alpha value is -5.30. The van der Waals surface area contributed by atoms with E-state index in [-0.39, 0.29) is 75.2 Å². The van der Waals surface area contributed by atoms with Crippen LogP contribution in [0.15, 0.2) is 22.5 Å². The van der Waals surface area contributed by atoms with Gasteiger partial charge in [-0.15, -0.1) is 0 Å². The Morgan fingerprint density at radius 2 is 1.36 bits per heavy atom. The number of nitrogens with zero attached hydrogens (tertiary/aromatic N) is 4. The van der Waals surface area contributed by atoms with Crippen molar-refractivity contribution < 1.29 is 38.7 Å². The first-order valence-electron chi connectivity index (χ1n) is 19.0. The molecule has 7 atom stereocenters. The van der Waals surface area contributed by atoms with Crippen LogP contribution >= 0.6 is 25.3 Å². The summed E-state index contributed by atoms with van der Waals surface area (Å²) in [6.07, 6.45) is 4.27. The molecule has 0 bridgehead atoms. The summed E-state index contributed by atoms with van der Waals surface area (Å²) < 4.78 is 0. The number of aliphatic imine (C=N–C) groups is 2. The van der Waals surface area contributed by atoms with Crippen LogP contribution in [0.4, 0.5) is 0 Å². The van der Waals surface area contributed by atoms with Crippen LogP contribution in [0.25, 0.3) is 0 Å². The Balaban J connectivity index is 2.26. The van der Waals surface area contributed by atoms with E-state index in [1.807, 2.05) is 0 Å². The molecule has 59 heavy (non-hydrogen) atoms. The predicted octanol–water partition coefficient (Wildman–Crippen LogP) is -4.60. The highest BCUT2D eigenvalue weighted by Gasteiger charge is 2.39. The minimum atomic E-state index is -1.31. The lowest BCUT2D eigenvalue weighted by Gasteiger charge is -2.29. The standard InChI is InChI=1S/C34H59N15O8S2/c1-17(2)25(30(54)45-21(12-18-13-40-16-43-18)28(52)47-23(15-59)31(55)49-11-5-8-24(49)32(56)57)48-27(51)20(7-4-10-42-34(38)39)44-29(53)22(14-58)46-26(50)19(35)6-3-9-41-33(36)37/h13,16-17,19-25,58-59H,3-12,14-15,35H2,1-2H3,(H,40,43)(H,44,53)(H,45,54)(H,46,50)(H,47,52)(H,48,51)(H,56,57)(H4,36,37,41)(H4,38,39,42)/t19-,20+,21+,22+,23+,24+,25+/m1/s1. The van der Waals surface area contributed by atoms with Crippen LogP contribution in [0.5, 0.6) is 0 Å². The summed E-state index contributed by atoms with van der Waals surface area (Å²) in [4.78, 5) is 109. The van der Waals surface area contributed by atoms with Crippen LogP contribution < -0.4 is 55.3 Å². The van der Waals surface area contributed by atoms with Gasteiger partial charge >= 0.3 is 5.97 Å². The number of nitrogens with two attached hydrogens (primary N) is 5. The molecule has 17 N–H and O–H groups in total. The van der Waals surface area contributed by atoms with Crippen molar-refractivity contribution in [3.8, 4) is 0 Å². The second kappa shape index (κ2) is 25.2. The largest absolute Gasteiger partial charge is 0.480 e. The zero-order valence-electron chi connectivity index (χ0n) is 33.1. The Morgan fingerprint density at radius 3 is 1.90 bits per heavy atom. The highest BCUT2D eigenvalue weighted by molar-refractivity contribution is 7.80. The molecule has 25 heteroatoms. The SMILES string of the molecule is CC(C)[C@H](NC(=O)[C@H](CCCN=C(N)N)NC(=O)[C@H](CS)NC(=O)[C@H](N)CCCN=C(N)N)C(=O)N[C@@H](Cc1cnc[nH]1)C(=O)N[C@@H](CS)C(=O)N1CCC[C@H]1C(=O)O. The number of carbonyl (C=O) groups is 7. The number of aromatic amines is 1. The van der Waals surface area contributed by atoms with Gasteiger partial charge in [-0.25, -0.2) is 9.78 Å². The molecular weight excluding hydrogens is 811 g/mol. The Kier molecular flexibility index (Phi) is 21.3. The molecule has 2 heterocycles. The van der Waals surface area contributed by atoms with E-state index in [4.69, 9.17) is 28.7 Å². The van der Waals surface area contributed by atoms with Crippen molar-refractivity contribution in [2.24, 2.45) is 44.6 Å². The van der Waals surface area contributed by atoms with E-state index in [0.717, 1.165) is 0 Å². The number of imidazole rings is 1. The number of hydrogen-bond donors (Lipinski definition) is 14. The molecule has 23 nitrogen and oxygen atoms in total. The molecule has 0 saturated carbocycles. The van der Waals surface area contributed by atoms with Gasteiger partial charge in [-0.1, -0.05) is 13.8 Å². The Bertz CT molecular complexity index is 1640. The molecule has 1 aliphatic heterocycles. The van der Waals surface area contributed by atoms with Gasteiger partial charge in [0.05, 0.1) is 12.4 Å². The van der Waals surface area contributed by atoms with Gasteiger partial charge < -0.3 is 70.2 Å². The van der Waals surface area contributed by atoms with Crippen LogP contribution in [0.3, 0.4) is 0 Å². The second-order valence-corrected chi connectivity index (χ2v) is 14.9. The number of H-pyrrole nitrogens is 1. The second-order valence-electron chi connectivity index (χ2n) is 14.2. The van der Waals surface area contributed by atoms with Crippen LogP contribution in [0, 0.1) is 5.92 Å². The number of rotatable bonds is 25. The predicted molar refractivity (Wildman–Crippen MR) is 225 cm³/mol. The van der Waals surface area contributed by atoms with Crippen LogP contribution in [0.1, 0.15) is 58.1 Å². The highest BCUT2D eigenvalue weighted by atomic mass is 32.1. The number of carboxylic acid groups (broad SMARTS) is 1. The molecule has 1 fully saturated rings. The zero-order valence-corrected chi connectivity index (χ0v) is 34.9. The number of likely N-dealkylation sites (tertiary alicyclic amines) is 1. The third-order valence-corrected chi connectivity index (χ3v) is 9.91. The first-order chi connectivity index (χ1) is 27.9. The molecule has 0 spiro atoms. The molecule has 0 aromatic carbocycles. The van der Waals surface area contributed by atoms with Crippen LogP contribution in [-0.4, -0.2) is 147 Å². The zero-order chi connectivity index (χ0) is 44.2. The summed E-state index contributed by atoms with van der Waals surface area (Å²) in [5.74, 6) is -6.68. The topological polar surface area (TPSA) is 387 Å². The molecule has 1 aliphatic rings. The summed E-state index contributed by atoms with van der Waals surface area (Å²) in [6.45, 7) is 3.84. The number of hydrogen-bond acceptors (Lipinski definition) is 13. The highest BCUT2D eigenvalue weighted by Crippen LogP contribution is 2.19. The van der Waals surface area contributed by atoms with E-state index in [9.17, 15) is 38.7 Å². The van der Waals surface area contributed by atoms with Crippen molar-refractivity contribution in [1.29, 1.82) is 0 Å². The fourth-order valence-corrected chi connectivity index (χ4v) is 6.49. The van der Waals surface area contributed by atoms with Gasteiger partial charge in [0.1, 0.15) is 36.3 Å². The number of carboxylic acids is 1. The molecule has 330 valence electrons. The number of aliphatic carboxylic acids is 1. The smallest absolute Gasteiger partial charge is 0.326 e. The van der Waals surface area contributed by atoms with Crippen molar-refractivity contribution in [2.45, 2.75) is 101 Å². The summed E-state index contributed by atoms with van der Waals surface area (Å²) in [7, 11) is 0. The fourth-order valence-electron chi connectivity index (χ4n) is 5.99. The lowest BCUT2D eigenvalue weighted by atomic mass is 10.0. The van der Waals surface area contributed by atoms with Crippen LogP contribution in [-0.2, 0) is 40.0 Å². The van der Waals surface area contributed by atoms with E-state index in [1.165, 1.54) is 17.4 Å². The van der Waals surface area contributed by atoms with Gasteiger partial charge in [-0.2, -0.15) is 25.3 Å². The van der Waals surface area contributed by atoms with Gasteiger partial charge in [-0.3, -0.25) is 38.8 Å². The molecule has 1 aromatic heterocycles. The van der Waals surface area contributed by atoms with Crippen LogP contribution in [0.2, 0.25) is 0 Å². The lowest BCUT2D eigenvalue weighted by Crippen LogP contribution is -2.61. The fraction of sp³-hybridized carbons (Fsp3) is 0.647. The maximum Gasteiger partial charge on any atom is 0.326 e. The molecule has 1 aromatic rings. The average Bonchev–Trinajstić information content (AvgIpc) is 3.89. The quantitative estimate of drug-likeness (QED) is 0.0190. The Labute approximate surface area is 352 Å². The summed E-state index contributed by atoms with van der Waals surface area (Å²) >= 11 is 8.43. The van der Waals surface area contributed by atoms with Crippen molar-refractivity contribution in [2.75, 3.05) is 31.1 Å². The first-order valence-corrected chi connectivity index (χ1v) is 20.3. The Morgan fingerprint density at radius 1 is 0.814 bits per heavy atom. The summed E-state index contributed by atoms with van der Waals surface area (Å²) in [5, 5.41) is 22.6. The van der Waals surface area contributed by atoms with Gasteiger partial charge in [0.25, 0.3) is 0 Å². The van der Waals surface area contributed by atoms with E-state index in [2.05, 4.69) is 71.8 Å². The minimum Gasteiger partial charge on any atom is -0.480 e. The monoisotopic (exact) mass is 869 g/mol. The maximum absolute atomic E-state index is 13.9. The molecule has 1 saturated heterocycles. The van der Waals surface area contributed by atoms with Crippen molar-refractivity contribution in [1.82, 2.24) is 41.5 Å².